The highest BCUT2D eigenvalue weighted by molar-refractivity contribution is 5.95. The summed E-state index contributed by atoms with van der Waals surface area (Å²) in [4.78, 5) is 40.4. The number of likely N-dealkylation sites (tertiary alicyclic amines) is 1. The number of aryl methyl sites for hydroxylation is 1. The van der Waals surface area contributed by atoms with Crippen LogP contribution in [0, 0.1) is 6.92 Å². The van der Waals surface area contributed by atoms with Gasteiger partial charge in [-0.15, -0.1) is 0 Å². The maximum absolute atomic E-state index is 12.9. The van der Waals surface area contributed by atoms with E-state index in [1.54, 1.807) is 18.6 Å². The number of benzene rings is 1. The number of aromatic nitrogens is 3. The topological polar surface area (TPSA) is 97.3 Å². The van der Waals surface area contributed by atoms with Crippen LogP contribution in [0.2, 0.25) is 0 Å². The van der Waals surface area contributed by atoms with Crippen LogP contribution in [-0.2, 0) is 11.2 Å². The van der Waals surface area contributed by atoms with Crippen LogP contribution in [-0.4, -0.2) is 57.9 Å². The third-order valence-corrected chi connectivity index (χ3v) is 5.90. The number of amides is 2. The minimum atomic E-state index is -0.207. The zero-order chi connectivity index (χ0) is 23.8. The third kappa shape index (κ3) is 6.15. The Morgan fingerprint density at radius 1 is 1.09 bits per heavy atom. The summed E-state index contributed by atoms with van der Waals surface area (Å²) >= 11 is 0. The summed E-state index contributed by atoms with van der Waals surface area (Å²) in [6, 6.07) is 13.2. The Morgan fingerprint density at radius 2 is 1.88 bits per heavy atom. The Morgan fingerprint density at radius 3 is 2.62 bits per heavy atom. The van der Waals surface area contributed by atoms with Gasteiger partial charge in [0.1, 0.15) is 18.2 Å². The van der Waals surface area contributed by atoms with Crippen molar-refractivity contribution in [1.29, 1.82) is 0 Å². The molecule has 2 aromatic heterocycles. The van der Waals surface area contributed by atoms with Crippen LogP contribution in [0.5, 0.6) is 5.75 Å². The number of pyridine rings is 1. The quantitative estimate of drug-likeness (QED) is 0.520. The van der Waals surface area contributed by atoms with Gasteiger partial charge >= 0.3 is 0 Å². The summed E-state index contributed by atoms with van der Waals surface area (Å²) in [5.41, 5.74) is 2.16. The lowest BCUT2D eigenvalue weighted by Gasteiger charge is -2.32. The molecule has 0 bridgehead atoms. The Bertz CT molecular complexity index is 1100. The van der Waals surface area contributed by atoms with Gasteiger partial charge in [-0.1, -0.05) is 24.3 Å². The van der Waals surface area contributed by atoms with E-state index in [2.05, 4.69) is 20.3 Å². The average molecular weight is 460 g/mol. The third-order valence-electron chi connectivity index (χ3n) is 5.90. The minimum Gasteiger partial charge on any atom is -0.492 e. The van der Waals surface area contributed by atoms with Gasteiger partial charge in [-0.25, -0.2) is 9.97 Å². The van der Waals surface area contributed by atoms with E-state index in [4.69, 9.17) is 4.74 Å². The van der Waals surface area contributed by atoms with Crippen LogP contribution in [0.15, 0.2) is 61.1 Å². The number of nitrogens with zero attached hydrogens (tertiary/aromatic N) is 4. The predicted molar refractivity (Wildman–Crippen MR) is 128 cm³/mol. The van der Waals surface area contributed by atoms with Crippen LogP contribution >= 0.6 is 0 Å². The molecule has 1 aromatic carbocycles. The zero-order valence-electron chi connectivity index (χ0n) is 19.3. The largest absolute Gasteiger partial charge is 0.492 e. The van der Waals surface area contributed by atoms with Crippen LogP contribution in [0.3, 0.4) is 0 Å². The number of hydrogen-bond acceptors (Lipinski definition) is 6. The lowest BCUT2D eigenvalue weighted by Crippen LogP contribution is -2.39. The molecule has 0 radical (unpaired) electrons. The van der Waals surface area contributed by atoms with Crippen molar-refractivity contribution < 1.29 is 14.3 Å². The normalized spacial score (nSPS) is 14.0. The lowest BCUT2D eigenvalue weighted by atomic mass is 9.90. The Labute approximate surface area is 199 Å². The molecule has 34 heavy (non-hydrogen) atoms. The molecule has 1 fully saturated rings. The van der Waals surface area contributed by atoms with Gasteiger partial charge in [-0.3, -0.25) is 14.6 Å². The molecule has 176 valence electrons. The second-order valence-electron chi connectivity index (χ2n) is 8.33. The number of hydrogen-bond donors (Lipinski definition) is 1. The van der Waals surface area contributed by atoms with Crippen molar-refractivity contribution in [2.75, 3.05) is 26.2 Å². The van der Waals surface area contributed by atoms with Gasteiger partial charge < -0.3 is 15.0 Å². The van der Waals surface area contributed by atoms with Crippen LogP contribution in [0.25, 0.3) is 0 Å². The fourth-order valence-electron chi connectivity index (χ4n) is 4.11. The fourth-order valence-corrected chi connectivity index (χ4v) is 4.11. The molecule has 4 rings (SSSR count). The minimum absolute atomic E-state index is 0.0988. The van der Waals surface area contributed by atoms with Gasteiger partial charge in [0.2, 0.25) is 5.91 Å². The van der Waals surface area contributed by atoms with Gasteiger partial charge in [0.05, 0.1) is 24.2 Å². The number of rotatable bonds is 8. The monoisotopic (exact) mass is 459 g/mol. The number of nitrogens with one attached hydrogen (secondary N) is 1. The molecule has 1 aliphatic rings. The number of carbonyl (C=O) groups excluding carboxylic acids is 2. The highest BCUT2D eigenvalue weighted by Crippen LogP contribution is 2.29. The fraction of sp³-hybridized carbons (Fsp3) is 0.346. The van der Waals surface area contributed by atoms with Crippen molar-refractivity contribution in [2.45, 2.75) is 32.1 Å². The molecule has 0 unspecified atom stereocenters. The van der Waals surface area contributed by atoms with Gasteiger partial charge in [0, 0.05) is 37.6 Å². The second kappa shape index (κ2) is 11.4. The molecule has 3 aromatic rings. The molecule has 1 aliphatic heterocycles. The van der Waals surface area contributed by atoms with E-state index in [1.165, 1.54) is 0 Å². The molecular formula is C26H29N5O3. The smallest absolute Gasteiger partial charge is 0.254 e. The number of piperidine rings is 1. The molecule has 8 nitrogen and oxygen atoms in total. The van der Waals surface area contributed by atoms with E-state index in [9.17, 15) is 9.59 Å². The van der Waals surface area contributed by atoms with Crippen LogP contribution in [0.1, 0.15) is 46.2 Å². The van der Waals surface area contributed by atoms with Crippen molar-refractivity contribution in [3.63, 3.8) is 0 Å². The second-order valence-corrected chi connectivity index (χ2v) is 8.33. The van der Waals surface area contributed by atoms with Gasteiger partial charge in [-0.2, -0.15) is 0 Å². The summed E-state index contributed by atoms with van der Waals surface area (Å²) in [6.45, 7) is 3.85. The van der Waals surface area contributed by atoms with E-state index < -0.39 is 0 Å². The number of para-hydroxylation sites is 1. The first-order valence-corrected chi connectivity index (χ1v) is 11.6. The summed E-state index contributed by atoms with van der Waals surface area (Å²) in [5, 5.41) is 2.91. The molecule has 8 heteroatoms. The van der Waals surface area contributed by atoms with Crippen molar-refractivity contribution >= 4 is 11.8 Å². The first-order valence-electron chi connectivity index (χ1n) is 11.6. The maximum Gasteiger partial charge on any atom is 0.254 e. The maximum atomic E-state index is 12.9. The van der Waals surface area contributed by atoms with E-state index in [-0.39, 0.29) is 17.7 Å². The standard InChI is InChI=1S/C26H29N5O3/c1-19-29-18-23(26(33)28-12-15-34-22-7-3-2-4-8-22)25(30-19)21-9-13-31(14-10-21)24(32)16-20-6-5-11-27-17-20/h2-8,11,17-18,21H,9-10,12-16H2,1H3,(H,28,33). The van der Waals surface area contributed by atoms with Crippen molar-refractivity contribution in [2.24, 2.45) is 0 Å². The lowest BCUT2D eigenvalue weighted by molar-refractivity contribution is -0.131. The highest BCUT2D eigenvalue weighted by Gasteiger charge is 2.28. The molecule has 0 atom stereocenters. The van der Waals surface area contributed by atoms with E-state index in [1.807, 2.05) is 54.3 Å². The molecule has 1 saturated heterocycles. The van der Waals surface area contributed by atoms with E-state index in [0.29, 0.717) is 44.0 Å². The van der Waals surface area contributed by atoms with Crippen molar-refractivity contribution in [3.8, 4) is 5.75 Å². The first-order chi connectivity index (χ1) is 16.6. The summed E-state index contributed by atoms with van der Waals surface area (Å²) in [7, 11) is 0. The summed E-state index contributed by atoms with van der Waals surface area (Å²) in [5.74, 6) is 1.39. The van der Waals surface area contributed by atoms with Crippen LogP contribution < -0.4 is 10.1 Å². The summed E-state index contributed by atoms with van der Waals surface area (Å²) < 4.78 is 5.65. The first kappa shape index (κ1) is 23.4. The molecule has 0 saturated carbocycles. The highest BCUT2D eigenvalue weighted by atomic mass is 16.5. The molecular weight excluding hydrogens is 430 g/mol. The molecule has 3 heterocycles. The van der Waals surface area contributed by atoms with Crippen molar-refractivity contribution in [1.82, 2.24) is 25.2 Å². The Kier molecular flexibility index (Phi) is 7.80. The SMILES string of the molecule is Cc1ncc(C(=O)NCCOc2ccccc2)c(C2CCN(C(=O)Cc3cccnc3)CC2)n1. The van der Waals surface area contributed by atoms with Gasteiger partial charge in [0.15, 0.2) is 0 Å². The Hall–Kier alpha value is -3.81. The molecule has 2 amide bonds. The summed E-state index contributed by atoms with van der Waals surface area (Å²) in [6.07, 6.45) is 6.89. The zero-order valence-corrected chi connectivity index (χ0v) is 19.3. The van der Waals surface area contributed by atoms with E-state index >= 15 is 0 Å². The van der Waals surface area contributed by atoms with Gasteiger partial charge in [0.25, 0.3) is 5.91 Å². The van der Waals surface area contributed by atoms with Crippen molar-refractivity contribution in [3.05, 3.63) is 83.7 Å². The number of ether oxygens (including phenoxy) is 1. The average Bonchev–Trinajstić information content (AvgIpc) is 2.88. The predicted octanol–water partition coefficient (Wildman–Crippen LogP) is 2.94. The molecule has 0 spiro atoms. The van der Waals surface area contributed by atoms with Gasteiger partial charge in [-0.05, 0) is 43.5 Å². The number of carbonyl (C=O) groups is 2. The molecule has 1 N–H and O–H groups in total. The van der Waals surface area contributed by atoms with Crippen LogP contribution in [0.4, 0.5) is 0 Å². The Balaban J connectivity index is 1.32. The van der Waals surface area contributed by atoms with E-state index in [0.717, 1.165) is 29.8 Å². The molecule has 0 aliphatic carbocycles.